The molecule has 2 rings (SSSR count). The fraction of sp³-hybridized carbons (Fsp3) is 0.667. The molecule has 82 valence electrons. The SMILES string of the molecule is CC1CC(c2cc(C(C)C)n[nH]c2=O)C1. The lowest BCUT2D eigenvalue weighted by Gasteiger charge is -2.32. The van der Waals surface area contributed by atoms with E-state index in [0.717, 1.165) is 30.0 Å². The second-order valence-corrected chi connectivity index (χ2v) is 5.01. The highest BCUT2D eigenvalue weighted by molar-refractivity contribution is 5.21. The van der Waals surface area contributed by atoms with Crippen molar-refractivity contribution in [2.75, 3.05) is 0 Å². The summed E-state index contributed by atoms with van der Waals surface area (Å²) in [6, 6.07) is 1.99. The number of aromatic nitrogens is 2. The summed E-state index contributed by atoms with van der Waals surface area (Å²) in [7, 11) is 0. The third kappa shape index (κ3) is 1.96. The predicted molar refractivity (Wildman–Crippen MR) is 60.1 cm³/mol. The van der Waals surface area contributed by atoms with Gasteiger partial charge in [0, 0.05) is 5.56 Å². The van der Waals surface area contributed by atoms with Gasteiger partial charge in [-0.3, -0.25) is 4.79 Å². The topological polar surface area (TPSA) is 45.8 Å². The van der Waals surface area contributed by atoms with Crippen LogP contribution >= 0.6 is 0 Å². The Balaban J connectivity index is 2.29. The Morgan fingerprint density at radius 1 is 1.47 bits per heavy atom. The average Bonchev–Trinajstić information content (AvgIpc) is 2.14. The van der Waals surface area contributed by atoms with Crippen LogP contribution in [-0.4, -0.2) is 10.2 Å². The minimum Gasteiger partial charge on any atom is -0.268 e. The molecule has 0 unspecified atom stereocenters. The van der Waals surface area contributed by atoms with Gasteiger partial charge in [-0.2, -0.15) is 5.10 Å². The smallest absolute Gasteiger partial charge is 0.267 e. The van der Waals surface area contributed by atoms with E-state index in [1.54, 1.807) is 0 Å². The number of H-pyrrole nitrogens is 1. The van der Waals surface area contributed by atoms with Crippen LogP contribution < -0.4 is 5.56 Å². The normalized spacial score (nSPS) is 25.3. The maximum Gasteiger partial charge on any atom is 0.267 e. The molecule has 0 saturated heterocycles. The van der Waals surface area contributed by atoms with Crippen molar-refractivity contribution in [2.45, 2.75) is 45.4 Å². The van der Waals surface area contributed by atoms with E-state index in [4.69, 9.17) is 0 Å². The van der Waals surface area contributed by atoms with Gasteiger partial charge >= 0.3 is 0 Å². The molecule has 0 atom stereocenters. The van der Waals surface area contributed by atoms with Crippen molar-refractivity contribution in [3.05, 3.63) is 27.7 Å². The fourth-order valence-electron chi connectivity index (χ4n) is 2.19. The molecule has 1 aliphatic rings. The van der Waals surface area contributed by atoms with E-state index in [1.165, 1.54) is 0 Å². The zero-order valence-electron chi connectivity index (χ0n) is 9.58. The Labute approximate surface area is 89.9 Å². The molecule has 0 spiro atoms. The lowest BCUT2D eigenvalue weighted by molar-refractivity contribution is 0.286. The molecule has 1 N–H and O–H groups in total. The molecule has 0 radical (unpaired) electrons. The molecule has 1 aromatic rings. The van der Waals surface area contributed by atoms with E-state index < -0.39 is 0 Å². The van der Waals surface area contributed by atoms with Crippen LogP contribution in [0, 0.1) is 5.92 Å². The summed E-state index contributed by atoms with van der Waals surface area (Å²) in [6.07, 6.45) is 2.29. The first-order chi connectivity index (χ1) is 7.08. The lowest BCUT2D eigenvalue weighted by Crippen LogP contribution is -2.27. The van der Waals surface area contributed by atoms with Crippen molar-refractivity contribution >= 4 is 0 Å². The Kier molecular flexibility index (Phi) is 2.63. The fourth-order valence-corrected chi connectivity index (χ4v) is 2.19. The summed E-state index contributed by atoms with van der Waals surface area (Å²) in [5, 5.41) is 6.67. The van der Waals surface area contributed by atoms with E-state index in [1.807, 2.05) is 6.07 Å². The van der Waals surface area contributed by atoms with Crippen LogP contribution in [-0.2, 0) is 0 Å². The van der Waals surface area contributed by atoms with E-state index in [9.17, 15) is 4.79 Å². The third-order valence-electron chi connectivity index (χ3n) is 3.26. The first-order valence-corrected chi connectivity index (χ1v) is 5.67. The molecule has 15 heavy (non-hydrogen) atoms. The van der Waals surface area contributed by atoms with Crippen molar-refractivity contribution in [3.63, 3.8) is 0 Å². The summed E-state index contributed by atoms with van der Waals surface area (Å²) >= 11 is 0. The molecule has 0 aliphatic heterocycles. The predicted octanol–water partition coefficient (Wildman–Crippen LogP) is 2.41. The molecule has 1 heterocycles. The zero-order valence-corrected chi connectivity index (χ0v) is 9.58. The van der Waals surface area contributed by atoms with Gasteiger partial charge in [-0.05, 0) is 36.7 Å². The van der Waals surface area contributed by atoms with Crippen LogP contribution in [0.4, 0.5) is 0 Å². The molecule has 3 nitrogen and oxygen atoms in total. The van der Waals surface area contributed by atoms with Crippen LogP contribution in [0.25, 0.3) is 0 Å². The maximum absolute atomic E-state index is 11.6. The maximum atomic E-state index is 11.6. The summed E-state index contributed by atoms with van der Waals surface area (Å²) in [6.45, 7) is 6.41. The van der Waals surface area contributed by atoms with E-state index in [-0.39, 0.29) is 5.56 Å². The first kappa shape index (κ1) is 10.4. The van der Waals surface area contributed by atoms with Crippen LogP contribution in [0.2, 0.25) is 0 Å². The summed E-state index contributed by atoms with van der Waals surface area (Å²) in [5.74, 6) is 1.60. The van der Waals surface area contributed by atoms with Gasteiger partial charge in [0.05, 0.1) is 5.69 Å². The van der Waals surface area contributed by atoms with E-state index in [2.05, 4.69) is 31.0 Å². The van der Waals surface area contributed by atoms with Gasteiger partial charge in [-0.25, -0.2) is 5.10 Å². The molecular formula is C12H18N2O. The number of nitrogens with zero attached hydrogens (tertiary/aromatic N) is 1. The standard InChI is InChI=1S/C12H18N2O/c1-7(2)11-6-10(12(15)14-13-11)9-4-8(3)5-9/h6-9H,4-5H2,1-3H3,(H,14,15). The van der Waals surface area contributed by atoms with E-state index >= 15 is 0 Å². The largest absolute Gasteiger partial charge is 0.268 e. The molecule has 1 aromatic heterocycles. The molecule has 1 aliphatic carbocycles. The van der Waals surface area contributed by atoms with Gasteiger partial charge in [-0.1, -0.05) is 20.8 Å². The molecule has 0 bridgehead atoms. The highest BCUT2D eigenvalue weighted by Crippen LogP contribution is 2.39. The molecule has 1 saturated carbocycles. The van der Waals surface area contributed by atoms with Crippen molar-refractivity contribution < 1.29 is 0 Å². The highest BCUT2D eigenvalue weighted by Gasteiger charge is 2.29. The van der Waals surface area contributed by atoms with Gasteiger partial charge in [0.25, 0.3) is 5.56 Å². The van der Waals surface area contributed by atoms with Crippen molar-refractivity contribution in [1.29, 1.82) is 0 Å². The van der Waals surface area contributed by atoms with Crippen LogP contribution in [0.1, 0.15) is 56.7 Å². The quantitative estimate of drug-likeness (QED) is 0.807. The van der Waals surface area contributed by atoms with Crippen LogP contribution in [0.15, 0.2) is 10.9 Å². The molecule has 0 aromatic carbocycles. The van der Waals surface area contributed by atoms with Crippen LogP contribution in [0.5, 0.6) is 0 Å². The van der Waals surface area contributed by atoms with Gasteiger partial charge in [0.1, 0.15) is 0 Å². The Bertz CT molecular complexity index is 402. The van der Waals surface area contributed by atoms with Gasteiger partial charge in [-0.15, -0.1) is 0 Å². The lowest BCUT2D eigenvalue weighted by atomic mass is 9.72. The summed E-state index contributed by atoms with van der Waals surface area (Å²) in [5.41, 5.74) is 1.92. The van der Waals surface area contributed by atoms with Crippen molar-refractivity contribution in [3.8, 4) is 0 Å². The second kappa shape index (κ2) is 3.80. The van der Waals surface area contributed by atoms with Gasteiger partial charge < -0.3 is 0 Å². The third-order valence-corrected chi connectivity index (χ3v) is 3.26. The Morgan fingerprint density at radius 2 is 2.13 bits per heavy atom. The number of hydrogen-bond acceptors (Lipinski definition) is 2. The molecule has 1 fully saturated rings. The minimum atomic E-state index is -0.00343. The second-order valence-electron chi connectivity index (χ2n) is 5.01. The molecule has 0 amide bonds. The zero-order chi connectivity index (χ0) is 11.0. The van der Waals surface area contributed by atoms with Crippen molar-refractivity contribution in [2.24, 2.45) is 5.92 Å². The monoisotopic (exact) mass is 206 g/mol. The minimum absolute atomic E-state index is 0.00343. The average molecular weight is 206 g/mol. The summed E-state index contributed by atoms with van der Waals surface area (Å²) in [4.78, 5) is 11.6. The van der Waals surface area contributed by atoms with Gasteiger partial charge in [0.2, 0.25) is 0 Å². The number of rotatable bonds is 2. The number of hydrogen-bond donors (Lipinski definition) is 1. The highest BCUT2D eigenvalue weighted by atomic mass is 16.1. The Morgan fingerprint density at radius 3 is 2.67 bits per heavy atom. The molecule has 3 heteroatoms. The van der Waals surface area contributed by atoms with Gasteiger partial charge in [0.15, 0.2) is 0 Å². The number of nitrogens with one attached hydrogen (secondary N) is 1. The molecular weight excluding hydrogens is 188 g/mol. The summed E-state index contributed by atoms with van der Waals surface area (Å²) < 4.78 is 0. The van der Waals surface area contributed by atoms with Crippen molar-refractivity contribution in [1.82, 2.24) is 10.2 Å². The Hall–Kier alpha value is -1.12. The van der Waals surface area contributed by atoms with Crippen LogP contribution in [0.3, 0.4) is 0 Å². The number of aromatic amines is 1. The van der Waals surface area contributed by atoms with E-state index in [0.29, 0.717) is 11.8 Å². The first-order valence-electron chi connectivity index (χ1n) is 5.67.